The number of carbonyl (C=O) groups is 1. The van der Waals surface area contributed by atoms with Crippen LogP contribution in [0.15, 0.2) is 53.9 Å². The molecule has 0 radical (unpaired) electrons. The van der Waals surface area contributed by atoms with Gasteiger partial charge in [0.1, 0.15) is 5.82 Å². The quantitative estimate of drug-likeness (QED) is 0.418. The monoisotopic (exact) mass is 454 g/mol. The molecule has 0 saturated carbocycles. The standard InChI is InChI=1S/C23H20ClFN4OS/c1-14-21(11-16-3-5-17(24)6-4-16)15(2)29(28-14)23-27-20(13-31-23)12-22(30)26-19-9-7-18(25)8-10-19/h3-10,13H,11-12H2,1-2H3,(H,26,30). The Balaban J connectivity index is 1.47. The fourth-order valence-electron chi connectivity index (χ4n) is 3.30. The van der Waals surface area contributed by atoms with Gasteiger partial charge in [0.25, 0.3) is 0 Å². The van der Waals surface area contributed by atoms with Gasteiger partial charge in [0.2, 0.25) is 11.0 Å². The Hall–Kier alpha value is -3.03. The molecule has 1 amide bonds. The third-order valence-electron chi connectivity index (χ3n) is 4.93. The molecular weight excluding hydrogens is 435 g/mol. The molecule has 0 bridgehead atoms. The molecule has 5 nitrogen and oxygen atoms in total. The van der Waals surface area contributed by atoms with Crippen molar-refractivity contribution in [3.05, 3.63) is 93.0 Å². The van der Waals surface area contributed by atoms with Gasteiger partial charge in [-0.2, -0.15) is 5.10 Å². The lowest BCUT2D eigenvalue weighted by atomic mass is 10.0. The van der Waals surface area contributed by atoms with Crippen LogP contribution in [-0.4, -0.2) is 20.7 Å². The minimum Gasteiger partial charge on any atom is -0.326 e. The molecule has 2 heterocycles. The van der Waals surface area contributed by atoms with Crippen molar-refractivity contribution >= 4 is 34.5 Å². The second kappa shape index (κ2) is 8.99. The van der Waals surface area contributed by atoms with Gasteiger partial charge in [0.15, 0.2) is 0 Å². The Morgan fingerprint density at radius 1 is 1.13 bits per heavy atom. The number of rotatable bonds is 6. The van der Waals surface area contributed by atoms with Crippen LogP contribution in [0.4, 0.5) is 10.1 Å². The molecule has 31 heavy (non-hydrogen) atoms. The lowest BCUT2D eigenvalue weighted by molar-refractivity contribution is -0.115. The predicted octanol–water partition coefficient (Wildman–Crippen LogP) is 5.51. The number of halogens is 2. The Kier molecular flexibility index (Phi) is 6.15. The highest BCUT2D eigenvalue weighted by Crippen LogP contribution is 2.24. The van der Waals surface area contributed by atoms with Crippen LogP contribution in [0, 0.1) is 19.7 Å². The number of amides is 1. The third-order valence-corrected chi connectivity index (χ3v) is 6.04. The highest BCUT2D eigenvalue weighted by molar-refractivity contribution is 7.12. The van der Waals surface area contributed by atoms with E-state index in [4.69, 9.17) is 11.6 Å². The molecule has 0 saturated heterocycles. The summed E-state index contributed by atoms with van der Waals surface area (Å²) in [5, 5.41) is 10.7. The maximum Gasteiger partial charge on any atom is 0.230 e. The van der Waals surface area contributed by atoms with E-state index in [2.05, 4.69) is 15.4 Å². The summed E-state index contributed by atoms with van der Waals surface area (Å²) in [5.74, 6) is -0.553. The van der Waals surface area contributed by atoms with Crippen LogP contribution in [0.25, 0.3) is 5.13 Å². The second-order valence-electron chi connectivity index (χ2n) is 7.22. The van der Waals surface area contributed by atoms with E-state index in [0.29, 0.717) is 21.5 Å². The van der Waals surface area contributed by atoms with E-state index in [9.17, 15) is 9.18 Å². The average Bonchev–Trinajstić information content (AvgIpc) is 3.30. The van der Waals surface area contributed by atoms with Crippen LogP contribution in [0.5, 0.6) is 0 Å². The summed E-state index contributed by atoms with van der Waals surface area (Å²) in [6.07, 6.45) is 0.887. The number of benzene rings is 2. The lowest BCUT2D eigenvalue weighted by Gasteiger charge is -2.04. The van der Waals surface area contributed by atoms with Gasteiger partial charge in [-0.05, 0) is 55.8 Å². The van der Waals surface area contributed by atoms with E-state index in [-0.39, 0.29) is 18.1 Å². The maximum atomic E-state index is 13.0. The zero-order chi connectivity index (χ0) is 22.0. The fourth-order valence-corrected chi connectivity index (χ4v) is 4.25. The van der Waals surface area contributed by atoms with Crippen LogP contribution in [0.1, 0.15) is 28.2 Å². The van der Waals surface area contributed by atoms with Gasteiger partial charge in [-0.3, -0.25) is 4.79 Å². The van der Waals surface area contributed by atoms with Gasteiger partial charge in [0.05, 0.1) is 17.8 Å². The molecule has 0 aliphatic rings. The van der Waals surface area contributed by atoms with Crippen LogP contribution in [-0.2, 0) is 17.6 Å². The first-order valence-corrected chi connectivity index (χ1v) is 10.9. The Morgan fingerprint density at radius 2 is 1.84 bits per heavy atom. The first-order chi connectivity index (χ1) is 14.9. The first kappa shape index (κ1) is 21.2. The topological polar surface area (TPSA) is 59.8 Å². The SMILES string of the molecule is Cc1nn(-c2nc(CC(=O)Nc3ccc(F)cc3)cs2)c(C)c1Cc1ccc(Cl)cc1. The molecule has 2 aromatic carbocycles. The minimum absolute atomic E-state index is 0.130. The number of aromatic nitrogens is 3. The molecular formula is C23H20ClFN4OS. The highest BCUT2D eigenvalue weighted by Gasteiger charge is 2.16. The van der Waals surface area contributed by atoms with Crippen molar-refractivity contribution in [3.63, 3.8) is 0 Å². The predicted molar refractivity (Wildman–Crippen MR) is 122 cm³/mol. The van der Waals surface area contributed by atoms with Gasteiger partial charge < -0.3 is 5.32 Å². The maximum absolute atomic E-state index is 13.0. The fraction of sp³-hybridized carbons (Fsp3) is 0.174. The largest absolute Gasteiger partial charge is 0.326 e. The van der Waals surface area contributed by atoms with Crippen LogP contribution in [0.2, 0.25) is 5.02 Å². The van der Waals surface area contributed by atoms with E-state index in [1.165, 1.54) is 35.6 Å². The van der Waals surface area contributed by atoms with E-state index in [0.717, 1.165) is 28.9 Å². The lowest BCUT2D eigenvalue weighted by Crippen LogP contribution is -2.14. The summed E-state index contributed by atoms with van der Waals surface area (Å²) in [4.78, 5) is 16.9. The minimum atomic E-state index is -0.345. The number of hydrogen-bond acceptors (Lipinski definition) is 4. The Morgan fingerprint density at radius 3 is 2.55 bits per heavy atom. The molecule has 0 unspecified atom stereocenters. The normalized spacial score (nSPS) is 11.0. The van der Waals surface area contributed by atoms with E-state index in [1.807, 2.05) is 48.2 Å². The molecule has 0 fully saturated rings. The first-order valence-electron chi connectivity index (χ1n) is 9.69. The third kappa shape index (κ3) is 5.00. The number of nitrogens with one attached hydrogen (secondary N) is 1. The van der Waals surface area contributed by atoms with Crippen molar-refractivity contribution in [1.29, 1.82) is 0 Å². The van der Waals surface area contributed by atoms with E-state index < -0.39 is 0 Å². The van der Waals surface area contributed by atoms with Crippen molar-refractivity contribution in [2.75, 3.05) is 5.32 Å². The molecule has 1 N–H and O–H groups in total. The zero-order valence-electron chi connectivity index (χ0n) is 17.0. The molecule has 158 valence electrons. The van der Waals surface area contributed by atoms with Gasteiger partial charge in [-0.1, -0.05) is 23.7 Å². The summed E-state index contributed by atoms with van der Waals surface area (Å²) < 4.78 is 14.8. The van der Waals surface area contributed by atoms with Gasteiger partial charge in [-0.25, -0.2) is 14.1 Å². The Bertz CT molecular complexity index is 1220. The number of carbonyl (C=O) groups excluding carboxylic acids is 1. The summed E-state index contributed by atoms with van der Waals surface area (Å²) >= 11 is 7.42. The van der Waals surface area contributed by atoms with Gasteiger partial charge >= 0.3 is 0 Å². The zero-order valence-corrected chi connectivity index (χ0v) is 18.6. The number of hydrogen-bond donors (Lipinski definition) is 1. The molecule has 8 heteroatoms. The van der Waals surface area contributed by atoms with Crippen molar-refractivity contribution in [1.82, 2.24) is 14.8 Å². The molecule has 0 atom stereocenters. The molecule has 4 aromatic rings. The van der Waals surface area contributed by atoms with Crippen molar-refractivity contribution in [2.45, 2.75) is 26.7 Å². The number of thiazole rings is 1. The van der Waals surface area contributed by atoms with Crippen molar-refractivity contribution in [2.24, 2.45) is 0 Å². The van der Waals surface area contributed by atoms with E-state index >= 15 is 0 Å². The second-order valence-corrected chi connectivity index (χ2v) is 8.49. The summed E-state index contributed by atoms with van der Waals surface area (Å²) in [6.45, 7) is 4.01. The summed E-state index contributed by atoms with van der Waals surface area (Å²) in [6, 6.07) is 13.5. The number of aryl methyl sites for hydroxylation is 1. The van der Waals surface area contributed by atoms with Crippen LogP contribution in [0.3, 0.4) is 0 Å². The summed E-state index contributed by atoms with van der Waals surface area (Å²) in [7, 11) is 0. The average molecular weight is 455 g/mol. The molecule has 0 aliphatic heterocycles. The number of anilines is 1. The summed E-state index contributed by atoms with van der Waals surface area (Å²) in [5.41, 5.74) is 5.47. The van der Waals surface area contributed by atoms with E-state index in [1.54, 1.807) is 0 Å². The smallest absolute Gasteiger partial charge is 0.230 e. The van der Waals surface area contributed by atoms with Crippen molar-refractivity contribution in [3.8, 4) is 5.13 Å². The number of nitrogens with zero attached hydrogens (tertiary/aromatic N) is 3. The Labute approximate surface area is 188 Å². The molecule has 0 aliphatic carbocycles. The molecule has 4 rings (SSSR count). The van der Waals surface area contributed by atoms with Crippen LogP contribution < -0.4 is 5.32 Å². The molecule has 2 aromatic heterocycles. The van der Waals surface area contributed by atoms with Gasteiger partial charge in [0, 0.05) is 33.8 Å². The van der Waals surface area contributed by atoms with Crippen LogP contribution >= 0.6 is 22.9 Å². The molecule has 0 spiro atoms. The van der Waals surface area contributed by atoms with Crippen molar-refractivity contribution < 1.29 is 9.18 Å². The highest BCUT2D eigenvalue weighted by atomic mass is 35.5. The van der Waals surface area contributed by atoms with Gasteiger partial charge in [-0.15, -0.1) is 11.3 Å².